The van der Waals surface area contributed by atoms with Crippen LogP contribution in [-0.2, 0) is 24.8 Å². The third-order valence-electron chi connectivity index (χ3n) is 3.57. The van der Waals surface area contributed by atoms with Crippen LogP contribution in [0.1, 0.15) is 31.0 Å². The van der Waals surface area contributed by atoms with Crippen LogP contribution in [0.4, 0.5) is 0 Å². The summed E-state index contributed by atoms with van der Waals surface area (Å²) < 4.78 is 1.83. The maximum Gasteiger partial charge on any atom is 0.239 e. The predicted octanol–water partition coefficient (Wildman–Crippen LogP) is 0.693. The summed E-state index contributed by atoms with van der Waals surface area (Å²) in [7, 11) is 3.78. The smallest absolute Gasteiger partial charge is 0.239 e. The van der Waals surface area contributed by atoms with E-state index >= 15 is 0 Å². The molecule has 2 rings (SSSR count). The lowest BCUT2D eigenvalue weighted by Gasteiger charge is -2.32. The van der Waals surface area contributed by atoms with Crippen molar-refractivity contribution >= 4 is 5.91 Å². The van der Waals surface area contributed by atoms with Crippen molar-refractivity contribution in [2.75, 3.05) is 13.6 Å². The van der Waals surface area contributed by atoms with E-state index in [0.717, 1.165) is 31.5 Å². The zero-order valence-corrected chi connectivity index (χ0v) is 11.4. The SMILES string of the molecule is CCc1nn(C)cc1CN1CCCC(NC)C1=O. The minimum absolute atomic E-state index is 0.0134. The quantitative estimate of drug-likeness (QED) is 0.855. The van der Waals surface area contributed by atoms with Gasteiger partial charge in [0.25, 0.3) is 0 Å². The summed E-state index contributed by atoms with van der Waals surface area (Å²) in [5.41, 5.74) is 2.27. The molecule has 1 saturated heterocycles. The van der Waals surface area contributed by atoms with Gasteiger partial charge in [-0.2, -0.15) is 5.10 Å². The van der Waals surface area contributed by atoms with E-state index in [9.17, 15) is 4.79 Å². The number of likely N-dealkylation sites (N-methyl/N-ethyl adjacent to an activating group) is 1. The van der Waals surface area contributed by atoms with Crippen LogP contribution < -0.4 is 5.32 Å². The molecule has 1 aromatic rings. The number of hydrogen-bond donors (Lipinski definition) is 1. The molecule has 1 atom stereocenters. The molecular formula is C13H22N4O. The van der Waals surface area contributed by atoms with Gasteiger partial charge >= 0.3 is 0 Å². The summed E-state index contributed by atoms with van der Waals surface area (Å²) in [5.74, 6) is 0.217. The van der Waals surface area contributed by atoms with Gasteiger partial charge in [-0.15, -0.1) is 0 Å². The van der Waals surface area contributed by atoms with Crippen LogP contribution in [0.3, 0.4) is 0 Å². The van der Waals surface area contributed by atoms with Crippen LogP contribution in [-0.4, -0.2) is 40.2 Å². The van der Waals surface area contributed by atoms with Gasteiger partial charge in [0.2, 0.25) is 5.91 Å². The highest BCUT2D eigenvalue weighted by atomic mass is 16.2. The molecule has 0 aliphatic carbocycles. The molecular weight excluding hydrogens is 228 g/mol. The zero-order chi connectivity index (χ0) is 13.1. The summed E-state index contributed by atoms with van der Waals surface area (Å²) in [5, 5.41) is 7.51. The molecule has 1 aliphatic rings. The van der Waals surface area contributed by atoms with Gasteiger partial charge in [0.15, 0.2) is 0 Å². The van der Waals surface area contributed by atoms with Crippen molar-refractivity contribution in [3.63, 3.8) is 0 Å². The van der Waals surface area contributed by atoms with E-state index in [-0.39, 0.29) is 11.9 Å². The fourth-order valence-electron chi connectivity index (χ4n) is 2.58. The number of aromatic nitrogens is 2. The molecule has 0 spiro atoms. The van der Waals surface area contributed by atoms with Crippen molar-refractivity contribution in [1.29, 1.82) is 0 Å². The highest BCUT2D eigenvalue weighted by molar-refractivity contribution is 5.82. The van der Waals surface area contributed by atoms with Gasteiger partial charge in [0, 0.05) is 31.9 Å². The predicted molar refractivity (Wildman–Crippen MR) is 70.1 cm³/mol. The largest absolute Gasteiger partial charge is 0.337 e. The van der Waals surface area contributed by atoms with Crippen molar-refractivity contribution < 1.29 is 4.79 Å². The van der Waals surface area contributed by atoms with E-state index in [2.05, 4.69) is 17.3 Å². The topological polar surface area (TPSA) is 50.2 Å². The first-order chi connectivity index (χ1) is 8.65. The van der Waals surface area contributed by atoms with Gasteiger partial charge in [-0.25, -0.2) is 0 Å². The molecule has 0 radical (unpaired) electrons. The summed E-state index contributed by atoms with van der Waals surface area (Å²) in [6.07, 6.45) is 4.95. The highest BCUT2D eigenvalue weighted by Gasteiger charge is 2.27. The number of carbonyl (C=O) groups is 1. The van der Waals surface area contributed by atoms with Crippen LogP contribution in [0, 0.1) is 0 Å². The first kappa shape index (κ1) is 13.1. The Morgan fingerprint density at radius 3 is 3.00 bits per heavy atom. The Balaban J connectivity index is 2.10. The van der Waals surface area contributed by atoms with Gasteiger partial charge in [0.1, 0.15) is 0 Å². The molecule has 0 bridgehead atoms. The normalized spacial score (nSPS) is 20.5. The first-order valence-corrected chi connectivity index (χ1v) is 6.63. The lowest BCUT2D eigenvalue weighted by molar-refractivity contribution is -0.136. The molecule has 5 heteroatoms. The molecule has 1 unspecified atom stereocenters. The molecule has 1 N–H and O–H groups in total. The fraction of sp³-hybridized carbons (Fsp3) is 0.692. The van der Waals surface area contributed by atoms with E-state index in [1.165, 1.54) is 5.56 Å². The summed E-state index contributed by atoms with van der Waals surface area (Å²) in [6, 6.07) is -0.0134. The van der Waals surface area contributed by atoms with Gasteiger partial charge in [-0.1, -0.05) is 6.92 Å². The van der Waals surface area contributed by atoms with Crippen molar-refractivity contribution in [2.24, 2.45) is 7.05 Å². The Morgan fingerprint density at radius 1 is 1.56 bits per heavy atom. The van der Waals surface area contributed by atoms with E-state index in [1.54, 1.807) is 0 Å². The standard InChI is InChI=1S/C13H22N4O/c1-4-11-10(8-16(3)15-11)9-17-7-5-6-12(14-2)13(17)18/h8,12,14H,4-7,9H2,1-3H3. The Hall–Kier alpha value is -1.36. The second-order valence-corrected chi connectivity index (χ2v) is 4.87. The first-order valence-electron chi connectivity index (χ1n) is 6.63. The third-order valence-corrected chi connectivity index (χ3v) is 3.57. The lowest BCUT2D eigenvalue weighted by Crippen LogP contribution is -2.49. The monoisotopic (exact) mass is 250 g/mol. The van der Waals surface area contributed by atoms with Crippen LogP contribution in [0.5, 0.6) is 0 Å². The molecule has 100 valence electrons. The number of piperidine rings is 1. The lowest BCUT2D eigenvalue weighted by atomic mass is 10.0. The summed E-state index contributed by atoms with van der Waals surface area (Å²) in [4.78, 5) is 14.1. The van der Waals surface area contributed by atoms with Crippen LogP contribution in [0.25, 0.3) is 0 Å². The molecule has 1 aromatic heterocycles. The average molecular weight is 250 g/mol. The molecule has 18 heavy (non-hydrogen) atoms. The molecule has 2 heterocycles. The minimum Gasteiger partial charge on any atom is -0.337 e. The Kier molecular flexibility index (Phi) is 4.01. The maximum absolute atomic E-state index is 12.2. The molecule has 1 amide bonds. The van der Waals surface area contributed by atoms with E-state index < -0.39 is 0 Å². The number of rotatable bonds is 4. The second-order valence-electron chi connectivity index (χ2n) is 4.87. The second kappa shape index (κ2) is 5.52. The van der Waals surface area contributed by atoms with Gasteiger partial charge < -0.3 is 10.2 Å². The van der Waals surface area contributed by atoms with Gasteiger partial charge in [-0.05, 0) is 26.3 Å². The van der Waals surface area contributed by atoms with Crippen LogP contribution in [0.15, 0.2) is 6.20 Å². The number of amides is 1. The average Bonchev–Trinajstić information content (AvgIpc) is 2.72. The third kappa shape index (κ3) is 2.56. The van der Waals surface area contributed by atoms with Crippen molar-refractivity contribution in [3.05, 3.63) is 17.5 Å². The van der Waals surface area contributed by atoms with Gasteiger partial charge in [0.05, 0.1) is 11.7 Å². The number of aryl methyl sites for hydroxylation is 2. The minimum atomic E-state index is -0.0134. The molecule has 1 fully saturated rings. The number of likely N-dealkylation sites (tertiary alicyclic amines) is 1. The van der Waals surface area contributed by atoms with E-state index in [1.807, 2.05) is 29.9 Å². The maximum atomic E-state index is 12.2. The summed E-state index contributed by atoms with van der Waals surface area (Å²) in [6.45, 7) is 3.64. The molecule has 1 aliphatic heterocycles. The van der Waals surface area contributed by atoms with E-state index in [4.69, 9.17) is 0 Å². The Bertz CT molecular complexity index is 427. The van der Waals surface area contributed by atoms with Crippen molar-refractivity contribution in [1.82, 2.24) is 20.0 Å². The Labute approximate surface area is 108 Å². The number of carbonyl (C=O) groups excluding carboxylic acids is 1. The van der Waals surface area contributed by atoms with Crippen molar-refractivity contribution in [3.8, 4) is 0 Å². The number of hydrogen-bond acceptors (Lipinski definition) is 3. The zero-order valence-electron chi connectivity index (χ0n) is 11.4. The van der Waals surface area contributed by atoms with Gasteiger partial charge in [-0.3, -0.25) is 9.48 Å². The molecule has 0 saturated carbocycles. The van der Waals surface area contributed by atoms with E-state index in [0.29, 0.717) is 6.54 Å². The van der Waals surface area contributed by atoms with Crippen LogP contribution >= 0.6 is 0 Å². The molecule has 0 aromatic carbocycles. The number of nitrogens with zero attached hydrogens (tertiary/aromatic N) is 3. The Morgan fingerprint density at radius 2 is 2.33 bits per heavy atom. The fourth-order valence-corrected chi connectivity index (χ4v) is 2.58. The highest BCUT2D eigenvalue weighted by Crippen LogP contribution is 2.17. The molecule has 5 nitrogen and oxygen atoms in total. The number of nitrogens with one attached hydrogen (secondary N) is 1. The summed E-state index contributed by atoms with van der Waals surface area (Å²) >= 11 is 0. The van der Waals surface area contributed by atoms with Crippen molar-refractivity contribution in [2.45, 2.75) is 38.8 Å². The van der Waals surface area contributed by atoms with Crippen LogP contribution in [0.2, 0.25) is 0 Å².